The average molecular weight is 504 g/mol. The lowest BCUT2D eigenvalue weighted by molar-refractivity contribution is 0.0513. The first-order chi connectivity index (χ1) is 17.5. The molecule has 0 radical (unpaired) electrons. The van der Waals surface area contributed by atoms with Crippen LogP contribution in [0.5, 0.6) is 0 Å². The van der Waals surface area contributed by atoms with Gasteiger partial charge in [-0.1, -0.05) is 42.5 Å². The Morgan fingerprint density at radius 2 is 1.78 bits per heavy atom. The Labute approximate surface area is 212 Å². The Bertz CT molecular complexity index is 1430. The van der Waals surface area contributed by atoms with Crippen LogP contribution in [0.3, 0.4) is 0 Å². The van der Waals surface area contributed by atoms with Gasteiger partial charge in [-0.15, -0.1) is 11.3 Å². The molecule has 3 aromatic rings. The Balaban J connectivity index is 1.97. The summed E-state index contributed by atoms with van der Waals surface area (Å²) >= 11 is 1.27. The molecule has 0 amide bonds. The Morgan fingerprint density at radius 1 is 1.08 bits per heavy atom. The average Bonchev–Trinajstić information content (AvgIpc) is 3.27. The van der Waals surface area contributed by atoms with Crippen molar-refractivity contribution in [2.45, 2.75) is 39.5 Å². The van der Waals surface area contributed by atoms with Gasteiger partial charge in [-0.3, -0.25) is 4.79 Å². The van der Waals surface area contributed by atoms with Crippen LogP contribution < -0.4 is 5.56 Å². The summed E-state index contributed by atoms with van der Waals surface area (Å²) in [4.78, 5) is 40.4. The molecule has 9 heteroatoms. The van der Waals surface area contributed by atoms with Crippen LogP contribution in [0.25, 0.3) is 17.2 Å². The molecule has 0 unspecified atom stereocenters. The van der Waals surface area contributed by atoms with Gasteiger partial charge in [0, 0.05) is 10.4 Å². The SMILES string of the molecule is CCOC(=O)c1nn(-c2sc3c(c2C(=O)OCC)CCCC3)c(=O)c(C#N)c1/C=C/c1ccccc1. The summed E-state index contributed by atoms with van der Waals surface area (Å²) in [5, 5.41) is 14.6. The van der Waals surface area contributed by atoms with Crippen molar-refractivity contribution in [2.24, 2.45) is 0 Å². The molecule has 0 saturated carbocycles. The number of thiophene rings is 1. The molecule has 8 nitrogen and oxygen atoms in total. The minimum Gasteiger partial charge on any atom is -0.462 e. The van der Waals surface area contributed by atoms with E-state index in [2.05, 4.69) is 5.10 Å². The van der Waals surface area contributed by atoms with E-state index in [-0.39, 0.29) is 40.6 Å². The number of ether oxygens (including phenoxy) is 2. The van der Waals surface area contributed by atoms with Gasteiger partial charge < -0.3 is 9.47 Å². The maximum atomic E-state index is 13.6. The zero-order chi connectivity index (χ0) is 25.7. The summed E-state index contributed by atoms with van der Waals surface area (Å²) in [7, 11) is 0. The third kappa shape index (κ3) is 4.86. The van der Waals surface area contributed by atoms with Crippen LogP contribution >= 0.6 is 11.3 Å². The molecule has 2 heterocycles. The van der Waals surface area contributed by atoms with E-state index >= 15 is 0 Å². The molecular weight excluding hydrogens is 478 g/mol. The monoisotopic (exact) mass is 503 g/mol. The lowest BCUT2D eigenvalue weighted by atomic mass is 9.95. The van der Waals surface area contributed by atoms with Crippen molar-refractivity contribution in [3.63, 3.8) is 0 Å². The van der Waals surface area contributed by atoms with Crippen molar-refractivity contribution in [3.8, 4) is 11.1 Å². The molecule has 0 bridgehead atoms. The summed E-state index contributed by atoms with van der Waals surface area (Å²) in [6, 6.07) is 11.2. The van der Waals surface area contributed by atoms with E-state index in [1.54, 1.807) is 19.9 Å². The summed E-state index contributed by atoms with van der Waals surface area (Å²) in [6.07, 6.45) is 6.55. The second-order valence-corrected chi connectivity index (χ2v) is 9.13. The molecule has 1 aliphatic carbocycles. The second-order valence-electron chi connectivity index (χ2n) is 8.04. The minimum atomic E-state index is -0.769. The van der Waals surface area contributed by atoms with Gasteiger partial charge in [-0.05, 0) is 50.7 Å². The number of hydrogen-bond acceptors (Lipinski definition) is 8. The first kappa shape index (κ1) is 25.1. The van der Waals surface area contributed by atoms with Gasteiger partial charge in [0.15, 0.2) is 5.69 Å². The van der Waals surface area contributed by atoms with Crippen molar-refractivity contribution >= 4 is 35.4 Å². The standard InChI is InChI=1S/C27H25N3O5S/c1-3-34-26(32)22-19-12-8-9-13-21(19)36-25(22)30-24(31)20(16-28)18(23(29-30)27(33)35-4-2)15-14-17-10-6-5-7-11-17/h5-7,10-11,14-15H,3-4,8-9,12-13H2,1-2H3/b15-14+. The van der Waals surface area contributed by atoms with Crippen LogP contribution in [-0.2, 0) is 22.3 Å². The Hall–Kier alpha value is -4.03. The number of benzene rings is 1. The van der Waals surface area contributed by atoms with Gasteiger partial charge >= 0.3 is 11.9 Å². The van der Waals surface area contributed by atoms with Crippen molar-refractivity contribution in [2.75, 3.05) is 13.2 Å². The molecule has 0 saturated heterocycles. The van der Waals surface area contributed by atoms with Crippen LogP contribution in [0.4, 0.5) is 0 Å². The highest BCUT2D eigenvalue weighted by Gasteiger charge is 2.30. The van der Waals surface area contributed by atoms with Crippen LogP contribution in [0.1, 0.15) is 74.7 Å². The van der Waals surface area contributed by atoms with Crippen LogP contribution in [0.2, 0.25) is 0 Å². The number of hydrogen-bond donors (Lipinski definition) is 0. The molecule has 0 atom stereocenters. The van der Waals surface area contributed by atoms with Crippen LogP contribution in [0, 0.1) is 11.3 Å². The first-order valence-corrected chi connectivity index (χ1v) is 12.6. The van der Waals surface area contributed by atoms with E-state index in [4.69, 9.17) is 9.47 Å². The third-order valence-electron chi connectivity index (χ3n) is 5.78. The fraction of sp³-hybridized carbons (Fsp3) is 0.296. The predicted molar refractivity (Wildman–Crippen MR) is 136 cm³/mol. The van der Waals surface area contributed by atoms with Crippen molar-refractivity contribution in [1.29, 1.82) is 5.26 Å². The van der Waals surface area contributed by atoms with Gasteiger partial charge in [0.25, 0.3) is 5.56 Å². The van der Waals surface area contributed by atoms with E-state index in [1.807, 2.05) is 36.4 Å². The molecule has 0 spiro atoms. The summed E-state index contributed by atoms with van der Waals surface area (Å²) in [5.74, 6) is -1.32. The Kier molecular flexibility index (Phi) is 7.76. The molecule has 184 valence electrons. The molecule has 0 aliphatic heterocycles. The smallest absolute Gasteiger partial charge is 0.359 e. The zero-order valence-electron chi connectivity index (χ0n) is 20.1. The lowest BCUT2D eigenvalue weighted by Gasteiger charge is -2.13. The van der Waals surface area contributed by atoms with Crippen LogP contribution in [-0.4, -0.2) is 34.9 Å². The molecule has 4 rings (SSSR count). The number of rotatable bonds is 7. The minimum absolute atomic E-state index is 0.0695. The predicted octanol–water partition coefficient (Wildman–Crippen LogP) is 4.57. The highest BCUT2D eigenvalue weighted by atomic mass is 32.1. The number of nitrogens with zero attached hydrogens (tertiary/aromatic N) is 3. The molecular formula is C27H25N3O5S. The number of carbonyl (C=O) groups excluding carboxylic acids is 2. The van der Waals surface area contributed by atoms with Crippen molar-refractivity contribution in [3.05, 3.63) is 79.1 Å². The van der Waals surface area contributed by atoms with E-state index in [1.165, 1.54) is 17.4 Å². The van der Waals surface area contributed by atoms with Gasteiger partial charge in [-0.2, -0.15) is 15.0 Å². The van der Waals surface area contributed by atoms with Gasteiger partial charge in [0.2, 0.25) is 0 Å². The molecule has 1 aliphatic rings. The normalized spacial score (nSPS) is 12.7. The number of carbonyl (C=O) groups is 2. The van der Waals surface area contributed by atoms with Gasteiger partial charge in [-0.25, -0.2) is 9.59 Å². The lowest BCUT2D eigenvalue weighted by Crippen LogP contribution is -2.29. The van der Waals surface area contributed by atoms with Crippen LogP contribution in [0.15, 0.2) is 35.1 Å². The number of nitriles is 1. The van der Waals surface area contributed by atoms with E-state index in [0.717, 1.165) is 39.9 Å². The van der Waals surface area contributed by atoms with E-state index in [0.29, 0.717) is 6.42 Å². The summed E-state index contributed by atoms with van der Waals surface area (Å²) in [6.45, 7) is 3.63. The highest BCUT2D eigenvalue weighted by Crippen LogP contribution is 2.37. The maximum Gasteiger partial charge on any atom is 0.359 e. The largest absolute Gasteiger partial charge is 0.462 e. The topological polar surface area (TPSA) is 111 Å². The number of esters is 2. The molecule has 0 N–H and O–H groups in total. The third-order valence-corrected chi connectivity index (χ3v) is 7.05. The second kappa shape index (κ2) is 11.1. The van der Waals surface area contributed by atoms with E-state index in [9.17, 15) is 19.6 Å². The quantitative estimate of drug-likeness (QED) is 0.434. The zero-order valence-corrected chi connectivity index (χ0v) is 20.9. The molecule has 2 aromatic heterocycles. The number of fused-ring (bicyclic) bond motifs is 1. The Morgan fingerprint density at radius 3 is 2.47 bits per heavy atom. The number of aryl methyl sites for hydroxylation is 1. The summed E-state index contributed by atoms with van der Waals surface area (Å²) in [5.41, 5.74) is 0.844. The molecule has 1 aromatic carbocycles. The molecule has 36 heavy (non-hydrogen) atoms. The fourth-order valence-corrected chi connectivity index (χ4v) is 5.48. The maximum absolute atomic E-state index is 13.6. The highest BCUT2D eigenvalue weighted by molar-refractivity contribution is 7.15. The van der Waals surface area contributed by atoms with Gasteiger partial charge in [0.05, 0.1) is 18.8 Å². The first-order valence-electron chi connectivity index (χ1n) is 11.8. The number of aromatic nitrogens is 2. The molecule has 0 fully saturated rings. The van der Waals surface area contributed by atoms with Crippen molar-refractivity contribution in [1.82, 2.24) is 9.78 Å². The van der Waals surface area contributed by atoms with Crippen molar-refractivity contribution < 1.29 is 19.1 Å². The summed E-state index contributed by atoms with van der Waals surface area (Å²) < 4.78 is 11.5. The van der Waals surface area contributed by atoms with E-state index < -0.39 is 17.5 Å². The fourth-order valence-electron chi connectivity index (χ4n) is 4.16. The van der Waals surface area contributed by atoms with Gasteiger partial charge in [0.1, 0.15) is 16.6 Å².